The molecule has 0 aliphatic heterocycles. The van der Waals surface area contributed by atoms with Crippen LogP contribution in [0, 0.1) is 0 Å². The molecule has 0 bridgehead atoms. The van der Waals surface area contributed by atoms with Gasteiger partial charge in [-0.15, -0.1) is 0 Å². The summed E-state index contributed by atoms with van der Waals surface area (Å²) in [6.07, 6.45) is 0. The summed E-state index contributed by atoms with van der Waals surface area (Å²) in [4.78, 5) is 10.4. The highest BCUT2D eigenvalue weighted by molar-refractivity contribution is 8.15. The van der Waals surface area contributed by atoms with Crippen molar-refractivity contribution in [2.24, 2.45) is 10.9 Å². The molecule has 0 radical (unpaired) electrons. The van der Waals surface area contributed by atoms with Crippen LogP contribution in [0.4, 0.5) is 0 Å². The fourth-order valence-electron chi connectivity index (χ4n) is 0.341. The second kappa shape index (κ2) is 4.79. The summed E-state index contributed by atoms with van der Waals surface area (Å²) in [5, 5.41) is 10.9. The molecule has 0 heterocycles. The van der Waals surface area contributed by atoms with E-state index in [0.29, 0.717) is 5.75 Å². The monoisotopic (exact) mass is 174 g/mol. The molecule has 0 unspecified atom stereocenters. The summed E-state index contributed by atoms with van der Waals surface area (Å²) in [5.41, 5.74) is 5.74. The molecule has 0 aromatic rings. The van der Waals surface area contributed by atoms with Gasteiger partial charge in [-0.3, -0.25) is 4.79 Å². The van der Waals surface area contributed by atoms with Gasteiger partial charge in [-0.25, -0.2) is 0 Å². The molecular formula is C6H10N2O2S. The van der Waals surface area contributed by atoms with Crippen molar-refractivity contribution in [3.63, 3.8) is 0 Å². The normalized spacial score (nSPS) is 11.2. The van der Waals surface area contributed by atoms with Crippen molar-refractivity contribution >= 4 is 22.7 Å². The molecule has 0 aromatic heterocycles. The molecule has 0 fully saturated rings. The Hall–Kier alpha value is -0.970. The molecule has 0 rings (SSSR count). The van der Waals surface area contributed by atoms with E-state index < -0.39 is 5.91 Å². The molecule has 3 N–H and O–H groups in total. The largest absolute Gasteiger partial charge is 0.410 e. The van der Waals surface area contributed by atoms with Gasteiger partial charge < -0.3 is 10.9 Å². The average Bonchev–Trinajstić information content (AvgIpc) is 1.87. The van der Waals surface area contributed by atoms with E-state index in [-0.39, 0.29) is 5.04 Å². The Kier molecular flexibility index (Phi) is 4.36. The lowest BCUT2D eigenvalue weighted by molar-refractivity contribution is -0.111. The lowest BCUT2D eigenvalue weighted by Gasteiger charge is -1.97. The average molecular weight is 174 g/mol. The van der Waals surface area contributed by atoms with Gasteiger partial charge >= 0.3 is 0 Å². The molecular weight excluding hydrogens is 164 g/mol. The van der Waals surface area contributed by atoms with Gasteiger partial charge in [0.15, 0.2) is 0 Å². The van der Waals surface area contributed by atoms with Crippen molar-refractivity contribution in [1.29, 1.82) is 0 Å². The van der Waals surface area contributed by atoms with E-state index in [9.17, 15) is 4.79 Å². The van der Waals surface area contributed by atoms with Crippen molar-refractivity contribution in [2.75, 3.05) is 5.75 Å². The second-order valence-electron chi connectivity index (χ2n) is 2.02. The van der Waals surface area contributed by atoms with Crippen LogP contribution in [-0.2, 0) is 4.79 Å². The van der Waals surface area contributed by atoms with Gasteiger partial charge in [0.1, 0.15) is 0 Å². The second-order valence-corrected chi connectivity index (χ2v) is 2.98. The first-order valence-corrected chi connectivity index (χ1v) is 3.85. The summed E-state index contributed by atoms with van der Waals surface area (Å²) >= 11 is 1.06. The lowest BCUT2D eigenvalue weighted by atomic mass is 10.4. The predicted molar refractivity (Wildman–Crippen MR) is 45.7 cm³/mol. The van der Waals surface area contributed by atoms with Gasteiger partial charge in [-0.05, 0) is 6.92 Å². The van der Waals surface area contributed by atoms with Crippen LogP contribution < -0.4 is 5.73 Å². The van der Waals surface area contributed by atoms with E-state index in [2.05, 4.69) is 11.7 Å². The first-order valence-electron chi connectivity index (χ1n) is 2.87. The smallest absolute Gasteiger partial charge is 0.277 e. The number of nitrogens with zero attached hydrogens (tertiary/aromatic N) is 1. The molecule has 0 saturated heterocycles. The van der Waals surface area contributed by atoms with Crippen LogP contribution in [0.3, 0.4) is 0 Å². The molecule has 62 valence electrons. The van der Waals surface area contributed by atoms with Crippen LogP contribution >= 0.6 is 11.8 Å². The van der Waals surface area contributed by atoms with Gasteiger partial charge in [0, 0.05) is 5.75 Å². The van der Waals surface area contributed by atoms with E-state index in [1.165, 1.54) is 0 Å². The zero-order valence-corrected chi connectivity index (χ0v) is 7.02. The minimum atomic E-state index is -0.723. The maximum Gasteiger partial charge on any atom is 0.277 e. The first kappa shape index (κ1) is 10.0. The van der Waals surface area contributed by atoms with Gasteiger partial charge in [0.25, 0.3) is 5.91 Å². The molecule has 0 saturated carbocycles. The summed E-state index contributed by atoms with van der Waals surface area (Å²) in [5.74, 6) is -0.193. The highest BCUT2D eigenvalue weighted by Crippen LogP contribution is 2.07. The highest BCUT2D eigenvalue weighted by Gasteiger charge is 2.07. The third-order valence-corrected chi connectivity index (χ3v) is 1.95. The Bertz CT molecular complexity index is 201. The molecule has 0 spiro atoms. The van der Waals surface area contributed by atoms with Gasteiger partial charge in [-0.2, -0.15) is 0 Å². The fraction of sp³-hybridized carbons (Fsp3) is 0.333. The van der Waals surface area contributed by atoms with Gasteiger partial charge in [0.2, 0.25) is 5.04 Å². The number of oxime groups is 1. The standard InChI is InChI=1S/C6H10N2O2S/c1-4(2)3-11-6(8-10)5(7)9/h10H,1,3H2,2H3,(H2,7,9)/b8-6+. The van der Waals surface area contributed by atoms with Crippen LogP contribution in [0.1, 0.15) is 6.92 Å². The highest BCUT2D eigenvalue weighted by atomic mass is 32.2. The Morgan fingerprint density at radius 3 is 2.64 bits per heavy atom. The minimum Gasteiger partial charge on any atom is -0.410 e. The van der Waals surface area contributed by atoms with Crippen LogP contribution in [-0.4, -0.2) is 21.9 Å². The molecule has 4 nitrogen and oxygen atoms in total. The summed E-state index contributed by atoms with van der Waals surface area (Å²) in [6.45, 7) is 5.42. The molecule has 1 amide bonds. The number of hydrogen-bond acceptors (Lipinski definition) is 4. The van der Waals surface area contributed by atoms with Crippen molar-refractivity contribution in [1.82, 2.24) is 0 Å². The summed E-state index contributed by atoms with van der Waals surface area (Å²) < 4.78 is 0. The summed E-state index contributed by atoms with van der Waals surface area (Å²) in [7, 11) is 0. The third-order valence-electron chi connectivity index (χ3n) is 0.757. The number of hydrogen-bond donors (Lipinski definition) is 2. The number of carbonyl (C=O) groups excluding carboxylic acids is 1. The van der Waals surface area contributed by atoms with E-state index in [1.54, 1.807) is 0 Å². The number of thioether (sulfide) groups is 1. The quantitative estimate of drug-likeness (QED) is 0.211. The Balaban J connectivity index is 3.92. The number of carbonyl (C=O) groups is 1. The Labute approximate surface area is 69.1 Å². The van der Waals surface area contributed by atoms with E-state index >= 15 is 0 Å². The lowest BCUT2D eigenvalue weighted by Crippen LogP contribution is -2.20. The SMILES string of the molecule is C=C(C)CS/C(=N/O)C(N)=O. The van der Waals surface area contributed by atoms with E-state index in [1.807, 2.05) is 6.92 Å². The van der Waals surface area contributed by atoms with Crippen LogP contribution in [0.2, 0.25) is 0 Å². The topological polar surface area (TPSA) is 75.7 Å². The van der Waals surface area contributed by atoms with Crippen molar-refractivity contribution in [3.05, 3.63) is 12.2 Å². The fourth-order valence-corrected chi connectivity index (χ4v) is 0.924. The molecule has 0 aliphatic carbocycles. The van der Waals surface area contributed by atoms with Gasteiger partial charge in [0.05, 0.1) is 0 Å². The summed E-state index contributed by atoms with van der Waals surface area (Å²) in [6, 6.07) is 0. The van der Waals surface area contributed by atoms with Crippen molar-refractivity contribution in [3.8, 4) is 0 Å². The van der Waals surface area contributed by atoms with Gasteiger partial charge in [-0.1, -0.05) is 29.1 Å². The third kappa shape index (κ3) is 4.44. The number of primary amides is 1. The van der Waals surface area contributed by atoms with Crippen LogP contribution in [0.5, 0.6) is 0 Å². The van der Waals surface area contributed by atoms with E-state index in [4.69, 9.17) is 10.9 Å². The minimum absolute atomic E-state index is 0.0898. The Morgan fingerprint density at radius 1 is 1.82 bits per heavy atom. The van der Waals surface area contributed by atoms with Crippen LogP contribution in [0.25, 0.3) is 0 Å². The maximum absolute atomic E-state index is 10.4. The molecule has 11 heavy (non-hydrogen) atoms. The molecule has 5 heteroatoms. The molecule has 0 aromatic carbocycles. The van der Waals surface area contributed by atoms with E-state index in [0.717, 1.165) is 17.3 Å². The van der Waals surface area contributed by atoms with Crippen LogP contribution in [0.15, 0.2) is 17.3 Å². The molecule has 0 atom stereocenters. The van der Waals surface area contributed by atoms with Crippen molar-refractivity contribution < 1.29 is 10.0 Å². The zero-order chi connectivity index (χ0) is 8.85. The number of rotatable bonds is 2. The maximum atomic E-state index is 10.4. The zero-order valence-electron chi connectivity index (χ0n) is 6.20. The predicted octanol–water partition coefficient (Wildman–Crippen LogP) is 0.569. The molecule has 0 aliphatic rings. The first-order chi connectivity index (χ1) is 5.07. The van der Waals surface area contributed by atoms with Crippen molar-refractivity contribution in [2.45, 2.75) is 6.92 Å². The number of amides is 1. The number of nitrogens with two attached hydrogens (primary N) is 1. The Morgan fingerprint density at radius 2 is 2.36 bits per heavy atom.